The van der Waals surface area contributed by atoms with Crippen LogP contribution in [0, 0.1) is 0 Å². The van der Waals surface area contributed by atoms with E-state index in [2.05, 4.69) is 38.7 Å². The summed E-state index contributed by atoms with van der Waals surface area (Å²) in [5.41, 5.74) is 2.17. The molecule has 10 heteroatoms. The first-order valence-electron chi connectivity index (χ1n) is 12.0. The zero-order valence-electron chi connectivity index (χ0n) is 20.5. The maximum absolute atomic E-state index is 13.5. The first kappa shape index (κ1) is 26.6. The third-order valence-electron chi connectivity index (χ3n) is 6.13. The average Bonchev–Trinajstić information content (AvgIpc) is 3.31. The lowest BCUT2D eigenvalue weighted by Crippen LogP contribution is -2.54. The molecule has 3 heterocycles. The number of carbonyl (C=O) groups excluding carboxylic acids is 1. The van der Waals surface area contributed by atoms with E-state index < -0.39 is 6.17 Å². The summed E-state index contributed by atoms with van der Waals surface area (Å²) in [5.74, 6) is 0.673. The highest BCUT2D eigenvalue weighted by atomic mass is 35.5. The number of nitrogens with one attached hydrogen (secondary N) is 1. The molecule has 1 amide bonds. The quantitative estimate of drug-likeness (QED) is 0.546. The molecule has 188 valence electrons. The monoisotopic (exact) mass is 510 g/mol. The second-order valence-corrected chi connectivity index (χ2v) is 9.48. The van der Waals surface area contributed by atoms with Gasteiger partial charge in [0, 0.05) is 63.8 Å². The standard InChI is InChI=1S/C22H30ClFN6OS.C2H6/c1-16-14-27(11-12-29(16)22(31)30-10-7-21(25-30)26-32-2)15-17-3-4-19(23)20(13-17)28-8-5-18(24)6-9-28;1-2/h3-4,7,10,13,16,18H,5-6,8-9,11-12,14-15H2,1-2H3,(H,25,26);1-2H3. The van der Waals surface area contributed by atoms with E-state index in [1.165, 1.54) is 22.2 Å². The van der Waals surface area contributed by atoms with Gasteiger partial charge in [0.1, 0.15) is 6.17 Å². The molecule has 2 aliphatic rings. The highest BCUT2D eigenvalue weighted by Gasteiger charge is 2.29. The molecule has 0 spiro atoms. The van der Waals surface area contributed by atoms with Gasteiger partial charge in [0.25, 0.3) is 0 Å². The Balaban J connectivity index is 0.00000158. The van der Waals surface area contributed by atoms with Gasteiger partial charge in [-0.15, -0.1) is 5.10 Å². The number of amides is 1. The Bertz CT molecular complexity index is 936. The van der Waals surface area contributed by atoms with E-state index >= 15 is 0 Å². The van der Waals surface area contributed by atoms with Crippen LogP contribution in [0.2, 0.25) is 5.02 Å². The molecule has 2 saturated heterocycles. The zero-order chi connectivity index (χ0) is 24.7. The van der Waals surface area contributed by atoms with Gasteiger partial charge in [-0.1, -0.05) is 43.5 Å². The fraction of sp³-hybridized carbons (Fsp3) is 0.583. The highest BCUT2D eigenvalue weighted by Crippen LogP contribution is 2.30. The third kappa shape index (κ3) is 6.58. The number of anilines is 2. The van der Waals surface area contributed by atoms with E-state index in [4.69, 9.17) is 11.6 Å². The van der Waals surface area contributed by atoms with Crippen LogP contribution < -0.4 is 9.62 Å². The molecule has 2 aliphatic heterocycles. The number of rotatable bonds is 5. The SMILES string of the molecule is CC.CSNc1ccn(C(=O)N2CCN(Cc3ccc(Cl)c(N4CCC(F)CC4)c3)CC2C)n1. The van der Waals surface area contributed by atoms with Gasteiger partial charge in [0.2, 0.25) is 0 Å². The maximum Gasteiger partial charge on any atom is 0.345 e. The lowest BCUT2D eigenvalue weighted by atomic mass is 10.1. The molecule has 0 radical (unpaired) electrons. The Labute approximate surface area is 211 Å². The van der Waals surface area contributed by atoms with Gasteiger partial charge in [-0.2, -0.15) is 4.68 Å². The molecule has 4 rings (SSSR count). The number of nitrogens with zero attached hydrogens (tertiary/aromatic N) is 5. The zero-order valence-corrected chi connectivity index (χ0v) is 22.1. The molecule has 1 unspecified atom stereocenters. The summed E-state index contributed by atoms with van der Waals surface area (Å²) in [6.45, 7) is 10.5. The predicted molar refractivity (Wildman–Crippen MR) is 141 cm³/mol. The minimum atomic E-state index is -0.705. The molecule has 0 saturated carbocycles. The van der Waals surface area contributed by atoms with E-state index in [9.17, 15) is 9.18 Å². The normalized spacial score (nSPS) is 19.5. The second-order valence-electron chi connectivity index (χ2n) is 8.46. The van der Waals surface area contributed by atoms with E-state index in [0.29, 0.717) is 43.3 Å². The van der Waals surface area contributed by atoms with Crippen molar-refractivity contribution >= 4 is 41.1 Å². The van der Waals surface area contributed by atoms with Crippen molar-refractivity contribution in [3.63, 3.8) is 0 Å². The van der Waals surface area contributed by atoms with Crippen LogP contribution in [-0.2, 0) is 6.54 Å². The van der Waals surface area contributed by atoms with Crippen molar-refractivity contribution in [2.45, 2.75) is 52.4 Å². The summed E-state index contributed by atoms with van der Waals surface area (Å²) in [6.07, 6.45) is 4.01. The molecule has 2 fully saturated rings. The summed E-state index contributed by atoms with van der Waals surface area (Å²) in [6, 6.07) is 7.90. The van der Waals surface area contributed by atoms with Gasteiger partial charge in [-0.3, -0.25) is 4.90 Å². The maximum atomic E-state index is 13.5. The first-order chi connectivity index (χ1) is 16.4. The number of carbonyl (C=O) groups is 1. The van der Waals surface area contributed by atoms with Crippen LogP contribution in [-0.4, -0.2) is 76.8 Å². The van der Waals surface area contributed by atoms with Crippen LogP contribution >= 0.6 is 23.5 Å². The summed E-state index contributed by atoms with van der Waals surface area (Å²) in [4.78, 5) is 19.3. The number of aromatic nitrogens is 2. The van der Waals surface area contributed by atoms with Crippen molar-refractivity contribution in [2.75, 3.05) is 48.6 Å². The topological polar surface area (TPSA) is 56.6 Å². The van der Waals surface area contributed by atoms with Crippen LogP contribution in [0.3, 0.4) is 0 Å². The lowest BCUT2D eigenvalue weighted by Gasteiger charge is -2.39. The van der Waals surface area contributed by atoms with Gasteiger partial charge < -0.3 is 14.5 Å². The Morgan fingerprint density at radius 3 is 2.62 bits per heavy atom. The molecule has 0 aliphatic carbocycles. The Morgan fingerprint density at radius 1 is 1.21 bits per heavy atom. The highest BCUT2D eigenvalue weighted by molar-refractivity contribution is 7.99. The molecule has 0 bridgehead atoms. The minimum Gasteiger partial charge on any atom is -0.370 e. The number of hydrogen-bond donors (Lipinski definition) is 1. The molecule has 1 aromatic carbocycles. The minimum absolute atomic E-state index is 0.0766. The van der Waals surface area contributed by atoms with E-state index in [1.54, 1.807) is 12.3 Å². The molecule has 1 atom stereocenters. The third-order valence-corrected chi connectivity index (χ3v) is 6.86. The van der Waals surface area contributed by atoms with Gasteiger partial charge in [-0.05, 0) is 37.5 Å². The van der Waals surface area contributed by atoms with Gasteiger partial charge >= 0.3 is 6.03 Å². The predicted octanol–water partition coefficient (Wildman–Crippen LogP) is 5.37. The van der Waals surface area contributed by atoms with Crippen molar-refractivity contribution in [3.8, 4) is 0 Å². The van der Waals surface area contributed by atoms with Crippen molar-refractivity contribution in [1.29, 1.82) is 0 Å². The van der Waals surface area contributed by atoms with Gasteiger partial charge in [0.05, 0.1) is 10.7 Å². The molecule has 2 aromatic rings. The Hall–Kier alpha value is -1.97. The number of hydrogen-bond acceptors (Lipinski definition) is 6. The molecular formula is C24H36ClFN6OS. The van der Waals surface area contributed by atoms with Crippen molar-refractivity contribution in [2.24, 2.45) is 0 Å². The van der Waals surface area contributed by atoms with E-state index in [-0.39, 0.29) is 12.1 Å². The number of benzene rings is 1. The smallest absolute Gasteiger partial charge is 0.345 e. The van der Waals surface area contributed by atoms with Crippen LogP contribution in [0.25, 0.3) is 0 Å². The Kier molecular flexibility index (Phi) is 9.91. The number of piperazine rings is 1. The lowest BCUT2D eigenvalue weighted by molar-refractivity contribution is 0.0968. The number of alkyl halides is 1. The summed E-state index contributed by atoms with van der Waals surface area (Å²) < 4.78 is 18.0. The van der Waals surface area contributed by atoms with Crippen molar-refractivity contribution in [3.05, 3.63) is 41.0 Å². The van der Waals surface area contributed by atoms with Crippen LogP contribution in [0.4, 0.5) is 20.7 Å². The Morgan fingerprint density at radius 2 is 1.94 bits per heavy atom. The van der Waals surface area contributed by atoms with Crippen LogP contribution in [0.15, 0.2) is 30.5 Å². The van der Waals surface area contributed by atoms with Crippen LogP contribution in [0.1, 0.15) is 39.2 Å². The fourth-order valence-electron chi connectivity index (χ4n) is 4.43. The summed E-state index contributed by atoms with van der Waals surface area (Å²) in [5, 5.41) is 5.02. The van der Waals surface area contributed by atoms with Crippen molar-refractivity contribution in [1.82, 2.24) is 19.6 Å². The van der Waals surface area contributed by atoms with E-state index in [0.717, 1.165) is 25.3 Å². The summed E-state index contributed by atoms with van der Waals surface area (Å²) in [7, 11) is 0. The molecule has 7 nitrogen and oxygen atoms in total. The summed E-state index contributed by atoms with van der Waals surface area (Å²) >= 11 is 7.90. The second kappa shape index (κ2) is 12.7. The van der Waals surface area contributed by atoms with Gasteiger partial charge in [-0.25, -0.2) is 9.18 Å². The molecule has 1 N–H and O–H groups in total. The number of piperidine rings is 1. The molecule has 1 aromatic heterocycles. The van der Waals surface area contributed by atoms with Crippen LogP contribution in [0.5, 0.6) is 0 Å². The molecular weight excluding hydrogens is 475 g/mol. The average molecular weight is 511 g/mol. The largest absolute Gasteiger partial charge is 0.370 e. The fourth-order valence-corrected chi connectivity index (χ4v) is 4.98. The molecule has 34 heavy (non-hydrogen) atoms. The first-order valence-corrected chi connectivity index (χ1v) is 13.6. The van der Waals surface area contributed by atoms with E-state index in [1.807, 2.05) is 31.1 Å². The van der Waals surface area contributed by atoms with Crippen molar-refractivity contribution < 1.29 is 9.18 Å². The van der Waals surface area contributed by atoms with Gasteiger partial charge in [0.15, 0.2) is 5.82 Å². The number of halogens is 2.